The van der Waals surface area contributed by atoms with Crippen molar-refractivity contribution in [3.05, 3.63) is 41.1 Å². The molecule has 2 N–H and O–H groups in total. The van der Waals surface area contributed by atoms with Gasteiger partial charge < -0.3 is 10.6 Å². The predicted molar refractivity (Wildman–Crippen MR) is 136 cm³/mol. The summed E-state index contributed by atoms with van der Waals surface area (Å²) in [7, 11) is 0. The minimum absolute atomic E-state index is 0.0129. The van der Waals surface area contributed by atoms with E-state index in [1.54, 1.807) is 0 Å². The number of nitrogens with one attached hydrogen (secondary N) is 2. The van der Waals surface area contributed by atoms with Crippen molar-refractivity contribution in [3.8, 4) is 0 Å². The molecule has 1 unspecified atom stereocenters. The maximum atomic E-state index is 14.0. The Hall–Kier alpha value is -3.72. The number of hydrogen-bond acceptors (Lipinski definition) is 7. The lowest BCUT2D eigenvalue weighted by Gasteiger charge is -2.34. The van der Waals surface area contributed by atoms with Crippen LogP contribution in [-0.4, -0.2) is 55.0 Å². The number of carbonyl (C=O) groups is 2. The Kier molecular flexibility index (Phi) is 7.57. The van der Waals surface area contributed by atoms with E-state index in [-0.39, 0.29) is 60.6 Å². The summed E-state index contributed by atoms with van der Waals surface area (Å²) in [6.45, 7) is 0. The molecule has 3 heterocycles. The summed E-state index contributed by atoms with van der Waals surface area (Å²) in [5.74, 6) is -7.95. The van der Waals surface area contributed by atoms with Crippen molar-refractivity contribution in [3.63, 3.8) is 0 Å². The van der Waals surface area contributed by atoms with Crippen LogP contribution in [0.5, 0.6) is 0 Å². The van der Waals surface area contributed by atoms with Gasteiger partial charge in [0.15, 0.2) is 11.3 Å². The number of rotatable bonds is 10. The first-order chi connectivity index (χ1) is 20.4. The van der Waals surface area contributed by atoms with Gasteiger partial charge in [0, 0.05) is 43.6 Å². The number of imidazole rings is 1. The minimum atomic E-state index is -3.03. The zero-order valence-electron chi connectivity index (χ0n) is 22.8. The van der Waals surface area contributed by atoms with Crippen LogP contribution in [0.2, 0.25) is 0 Å². The first-order valence-electron chi connectivity index (χ1n) is 14.2. The Balaban J connectivity index is 1.23. The fraction of sp³-hybridized carbons (Fsp3) is 0.630. The molecule has 10 nitrogen and oxygen atoms in total. The third-order valence-electron chi connectivity index (χ3n) is 8.47. The molecule has 43 heavy (non-hydrogen) atoms. The monoisotopic (exact) mass is 613 g/mol. The Bertz CT molecular complexity index is 1490. The minimum Gasteiger partial charge on any atom is -0.343 e. The molecule has 0 aliphatic heterocycles. The van der Waals surface area contributed by atoms with Crippen molar-refractivity contribution >= 4 is 17.5 Å². The van der Waals surface area contributed by atoms with Gasteiger partial charge >= 0.3 is 0 Å². The number of carbonyl (C=O) groups excluding carboxylic acids is 2. The topological polar surface area (TPSA) is 127 Å². The van der Waals surface area contributed by atoms with Gasteiger partial charge in [0.2, 0.25) is 17.8 Å². The quantitative estimate of drug-likeness (QED) is 0.303. The van der Waals surface area contributed by atoms with Crippen LogP contribution in [0.15, 0.2) is 23.1 Å². The van der Waals surface area contributed by atoms with E-state index in [0.29, 0.717) is 5.69 Å². The van der Waals surface area contributed by atoms with Crippen molar-refractivity contribution in [1.29, 1.82) is 0 Å². The van der Waals surface area contributed by atoms with Gasteiger partial charge in [-0.2, -0.15) is 5.10 Å². The normalized spacial score (nSPS) is 21.8. The highest BCUT2D eigenvalue weighted by molar-refractivity contribution is 5.93. The van der Waals surface area contributed by atoms with Crippen molar-refractivity contribution in [2.75, 3.05) is 0 Å². The van der Waals surface area contributed by atoms with Gasteiger partial charge in [-0.05, 0) is 48.7 Å². The SMILES string of the molecule is O=C(CC1CC(F)(F)C1)NC(c1cnn2cc([C@@H](NC(=O)c3nonc3C3CC3)C3CCC(F)(F)CC3)nc2c1)C(F)F. The molecule has 3 aromatic heterocycles. The largest absolute Gasteiger partial charge is 0.343 e. The van der Waals surface area contributed by atoms with Crippen LogP contribution in [0, 0.1) is 11.8 Å². The first kappa shape index (κ1) is 29.4. The molecule has 3 aliphatic carbocycles. The fourth-order valence-corrected chi connectivity index (χ4v) is 5.96. The van der Waals surface area contributed by atoms with E-state index in [1.807, 2.05) is 0 Å². The van der Waals surface area contributed by atoms with Crippen molar-refractivity contribution in [2.24, 2.45) is 11.8 Å². The summed E-state index contributed by atoms with van der Waals surface area (Å²) in [6, 6.07) is -1.29. The average Bonchev–Trinajstić information content (AvgIpc) is 3.48. The molecule has 6 rings (SSSR count). The molecular weight excluding hydrogens is 584 g/mol. The average molecular weight is 614 g/mol. The highest BCUT2D eigenvalue weighted by Gasteiger charge is 2.46. The molecule has 0 bridgehead atoms. The molecule has 0 saturated heterocycles. The molecule has 3 saturated carbocycles. The summed E-state index contributed by atoms with van der Waals surface area (Å²) < 4.78 is 88.2. The zero-order valence-corrected chi connectivity index (χ0v) is 22.8. The third-order valence-corrected chi connectivity index (χ3v) is 8.47. The van der Waals surface area contributed by atoms with E-state index in [9.17, 15) is 35.9 Å². The number of amides is 2. The number of aromatic nitrogens is 5. The van der Waals surface area contributed by atoms with Gasteiger partial charge in [0.05, 0.1) is 24.1 Å². The third kappa shape index (κ3) is 6.47. The first-order valence-corrected chi connectivity index (χ1v) is 14.2. The molecule has 0 radical (unpaired) electrons. The van der Waals surface area contributed by atoms with Crippen molar-refractivity contribution < 1.29 is 40.6 Å². The number of alkyl halides is 6. The summed E-state index contributed by atoms with van der Waals surface area (Å²) in [4.78, 5) is 30.1. The van der Waals surface area contributed by atoms with Crippen LogP contribution in [0.4, 0.5) is 26.3 Å². The van der Waals surface area contributed by atoms with Gasteiger partial charge in [-0.1, -0.05) is 5.16 Å². The van der Waals surface area contributed by atoms with Crippen molar-refractivity contribution in [1.82, 2.24) is 35.5 Å². The van der Waals surface area contributed by atoms with E-state index in [1.165, 1.54) is 16.8 Å². The molecule has 3 aromatic rings. The molecular formula is C27H29F6N7O3. The van der Waals surface area contributed by atoms with Gasteiger partial charge in [-0.25, -0.2) is 40.5 Å². The lowest BCUT2D eigenvalue weighted by atomic mass is 9.79. The van der Waals surface area contributed by atoms with E-state index in [4.69, 9.17) is 4.63 Å². The molecule has 0 aromatic carbocycles. The Morgan fingerprint density at radius 3 is 2.40 bits per heavy atom. The molecule has 3 aliphatic rings. The summed E-state index contributed by atoms with van der Waals surface area (Å²) in [5, 5.41) is 16.8. The van der Waals surface area contributed by atoms with E-state index < -0.39 is 66.8 Å². The molecule has 2 amide bonds. The lowest BCUT2D eigenvalue weighted by Crippen LogP contribution is -2.40. The smallest absolute Gasteiger partial charge is 0.276 e. The van der Waals surface area contributed by atoms with Crippen LogP contribution in [-0.2, 0) is 4.79 Å². The van der Waals surface area contributed by atoms with Crippen LogP contribution in [0.1, 0.15) is 103 Å². The van der Waals surface area contributed by atoms with Crippen LogP contribution in [0.25, 0.3) is 5.65 Å². The predicted octanol–water partition coefficient (Wildman–Crippen LogP) is 5.14. The fourth-order valence-electron chi connectivity index (χ4n) is 5.96. The highest BCUT2D eigenvalue weighted by atomic mass is 19.3. The van der Waals surface area contributed by atoms with E-state index in [0.717, 1.165) is 19.0 Å². The molecule has 0 spiro atoms. The Labute approximate surface area is 240 Å². The number of fused-ring (bicyclic) bond motifs is 1. The molecule has 16 heteroatoms. The van der Waals surface area contributed by atoms with Gasteiger partial charge in [0.25, 0.3) is 12.3 Å². The molecule has 3 fully saturated rings. The van der Waals surface area contributed by atoms with Crippen LogP contribution >= 0.6 is 0 Å². The Morgan fingerprint density at radius 1 is 1.02 bits per heavy atom. The van der Waals surface area contributed by atoms with Gasteiger partial charge in [-0.3, -0.25) is 9.59 Å². The summed E-state index contributed by atoms with van der Waals surface area (Å²) in [6.07, 6.45) is -0.500. The zero-order chi connectivity index (χ0) is 30.5. The number of hydrogen-bond donors (Lipinski definition) is 2. The van der Waals surface area contributed by atoms with E-state index >= 15 is 0 Å². The number of nitrogens with zero attached hydrogens (tertiary/aromatic N) is 5. The number of halogens is 6. The van der Waals surface area contributed by atoms with Crippen LogP contribution in [0.3, 0.4) is 0 Å². The molecule has 2 atom stereocenters. The summed E-state index contributed by atoms with van der Waals surface area (Å²) >= 11 is 0. The highest BCUT2D eigenvalue weighted by Crippen LogP contribution is 2.45. The standard InChI is InChI=1S/C27H29F6N7O3/c28-24(29)22(36-19(41)7-13-9-27(32,33)10-13)16-8-18-35-17(12-40(18)34-11-16)20(15-3-5-26(30,31)6-4-15)37-25(42)23-21(14-1-2-14)38-43-39-23/h8,11-15,20,22,24H,1-7,9-10H2,(H,36,41)(H,37,42)/t20-,22?/m0/s1. The summed E-state index contributed by atoms with van der Waals surface area (Å²) in [5.41, 5.74) is 0.778. The van der Waals surface area contributed by atoms with Gasteiger partial charge in [0.1, 0.15) is 11.7 Å². The molecule has 232 valence electrons. The maximum Gasteiger partial charge on any atom is 0.276 e. The van der Waals surface area contributed by atoms with Gasteiger partial charge in [-0.15, -0.1) is 0 Å². The van der Waals surface area contributed by atoms with Crippen molar-refractivity contribution in [2.45, 2.75) is 94.1 Å². The second-order valence-corrected chi connectivity index (χ2v) is 11.9. The van der Waals surface area contributed by atoms with E-state index in [2.05, 4.69) is 31.0 Å². The second-order valence-electron chi connectivity index (χ2n) is 11.9. The second kappa shape index (κ2) is 11.1. The Morgan fingerprint density at radius 2 is 1.74 bits per heavy atom. The van der Waals surface area contributed by atoms with Crippen LogP contribution < -0.4 is 10.6 Å². The lowest BCUT2D eigenvalue weighted by molar-refractivity contribution is -0.135. The maximum absolute atomic E-state index is 14.0.